The third-order valence-corrected chi connectivity index (χ3v) is 2.08. The van der Waals surface area contributed by atoms with Crippen LogP contribution in [-0.4, -0.2) is 30.1 Å². The zero-order valence-corrected chi connectivity index (χ0v) is 9.64. The van der Waals surface area contributed by atoms with Crippen molar-refractivity contribution in [3.8, 4) is 6.07 Å². The molecule has 0 atom stereocenters. The van der Waals surface area contributed by atoms with E-state index in [9.17, 15) is 9.59 Å². The van der Waals surface area contributed by atoms with E-state index in [2.05, 4.69) is 10.6 Å². The Bertz CT molecular complexity index is 462. The summed E-state index contributed by atoms with van der Waals surface area (Å²) >= 11 is 0. The Morgan fingerprint density at radius 3 is 2.44 bits per heavy atom. The number of carboxylic acids is 1. The minimum atomic E-state index is -1.01. The van der Waals surface area contributed by atoms with Crippen molar-refractivity contribution in [1.82, 2.24) is 5.32 Å². The average Bonchev–Trinajstić information content (AvgIpc) is 2.31. The lowest BCUT2D eigenvalue weighted by molar-refractivity contribution is -0.135. The topological polar surface area (TPSA) is 102 Å². The molecule has 0 radical (unpaired) electrons. The molecular weight excluding hydrogens is 234 g/mol. The predicted molar refractivity (Wildman–Crippen MR) is 64.9 cm³/mol. The summed E-state index contributed by atoms with van der Waals surface area (Å²) in [6.45, 7) is -0.319. The zero-order chi connectivity index (χ0) is 13.4. The van der Waals surface area contributed by atoms with Crippen molar-refractivity contribution < 1.29 is 14.7 Å². The second kappa shape index (κ2) is 7.04. The van der Waals surface area contributed by atoms with Crippen molar-refractivity contribution in [1.29, 1.82) is 5.26 Å². The van der Waals surface area contributed by atoms with E-state index in [0.29, 0.717) is 12.1 Å². The van der Waals surface area contributed by atoms with Gasteiger partial charge in [0.15, 0.2) is 0 Å². The Kier molecular flexibility index (Phi) is 5.35. The molecule has 0 aromatic heterocycles. The molecule has 6 nitrogen and oxygen atoms in total. The number of carbonyl (C=O) groups excluding carboxylic acids is 1. The van der Waals surface area contributed by atoms with Crippen LogP contribution in [0.3, 0.4) is 0 Å². The van der Waals surface area contributed by atoms with E-state index in [1.807, 2.05) is 6.07 Å². The molecule has 0 heterocycles. The molecule has 0 saturated heterocycles. The number of carboxylic acid groups (broad SMARTS) is 1. The van der Waals surface area contributed by atoms with E-state index in [-0.39, 0.29) is 19.0 Å². The van der Waals surface area contributed by atoms with Crippen LogP contribution in [-0.2, 0) is 16.0 Å². The van der Waals surface area contributed by atoms with Gasteiger partial charge in [0.05, 0.1) is 25.6 Å². The highest BCUT2D eigenvalue weighted by atomic mass is 16.4. The van der Waals surface area contributed by atoms with Gasteiger partial charge in [0.1, 0.15) is 0 Å². The molecule has 0 fully saturated rings. The maximum Gasteiger partial charge on any atom is 0.317 e. The van der Waals surface area contributed by atoms with Crippen molar-refractivity contribution >= 4 is 17.6 Å². The second-order valence-corrected chi connectivity index (χ2v) is 3.58. The number of nitrogens with one attached hydrogen (secondary N) is 2. The molecule has 1 aromatic carbocycles. The molecule has 18 heavy (non-hydrogen) atoms. The number of amides is 1. The summed E-state index contributed by atoms with van der Waals surface area (Å²) < 4.78 is 0. The number of nitriles is 1. The van der Waals surface area contributed by atoms with Gasteiger partial charge in [0.2, 0.25) is 5.91 Å². The lowest BCUT2D eigenvalue weighted by Crippen LogP contribution is -2.31. The first-order chi connectivity index (χ1) is 8.61. The molecule has 0 aliphatic rings. The molecular formula is C12H13N3O3. The second-order valence-electron chi connectivity index (χ2n) is 3.58. The van der Waals surface area contributed by atoms with Crippen LogP contribution in [0.1, 0.15) is 5.56 Å². The molecule has 1 aromatic rings. The van der Waals surface area contributed by atoms with Crippen LogP contribution in [0.5, 0.6) is 0 Å². The molecule has 0 aliphatic carbocycles. The fourth-order valence-corrected chi connectivity index (χ4v) is 1.29. The quantitative estimate of drug-likeness (QED) is 0.673. The largest absolute Gasteiger partial charge is 0.480 e. The van der Waals surface area contributed by atoms with Crippen molar-refractivity contribution in [2.75, 3.05) is 18.4 Å². The van der Waals surface area contributed by atoms with Crippen molar-refractivity contribution in [3.63, 3.8) is 0 Å². The summed E-state index contributed by atoms with van der Waals surface area (Å²) in [4.78, 5) is 21.6. The Morgan fingerprint density at radius 2 is 1.89 bits per heavy atom. The SMILES string of the molecule is N#CCc1ccc(NC(=O)CNCC(=O)O)cc1. The number of rotatable bonds is 6. The van der Waals surface area contributed by atoms with Gasteiger partial charge >= 0.3 is 5.97 Å². The summed E-state index contributed by atoms with van der Waals surface area (Å²) in [5, 5.41) is 22.0. The minimum Gasteiger partial charge on any atom is -0.480 e. The highest BCUT2D eigenvalue weighted by molar-refractivity contribution is 5.92. The van der Waals surface area contributed by atoms with Gasteiger partial charge in [-0.1, -0.05) is 12.1 Å². The van der Waals surface area contributed by atoms with Crippen LogP contribution in [0.25, 0.3) is 0 Å². The van der Waals surface area contributed by atoms with Crippen LogP contribution in [0.2, 0.25) is 0 Å². The normalized spacial score (nSPS) is 9.50. The van der Waals surface area contributed by atoms with Crippen LogP contribution in [0.15, 0.2) is 24.3 Å². The van der Waals surface area contributed by atoms with Crippen LogP contribution in [0.4, 0.5) is 5.69 Å². The standard InChI is InChI=1S/C12H13N3O3/c13-6-5-9-1-3-10(4-2-9)15-11(16)7-14-8-12(17)18/h1-4,14H,5,7-8H2,(H,15,16)(H,17,18). The average molecular weight is 247 g/mol. The lowest BCUT2D eigenvalue weighted by Gasteiger charge is -2.05. The molecule has 0 spiro atoms. The molecule has 0 unspecified atom stereocenters. The highest BCUT2D eigenvalue weighted by Gasteiger charge is 2.03. The van der Waals surface area contributed by atoms with Gasteiger partial charge in [0, 0.05) is 5.69 Å². The van der Waals surface area contributed by atoms with Gasteiger partial charge in [-0.05, 0) is 17.7 Å². The van der Waals surface area contributed by atoms with Crippen LogP contribution >= 0.6 is 0 Å². The summed E-state index contributed by atoms with van der Waals surface area (Å²) in [5.74, 6) is -1.33. The predicted octanol–water partition coefficient (Wildman–Crippen LogP) is 0.365. The Morgan fingerprint density at radius 1 is 1.22 bits per heavy atom. The number of aliphatic carboxylic acids is 1. The molecule has 94 valence electrons. The number of nitrogens with zero attached hydrogens (tertiary/aromatic N) is 1. The minimum absolute atomic E-state index is 0.0632. The summed E-state index contributed by atoms with van der Waals surface area (Å²) in [7, 11) is 0. The lowest BCUT2D eigenvalue weighted by atomic mass is 10.1. The zero-order valence-electron chi connectivity index (χ0n) is 9.64. The summed E-state index contributed by atoms with van der Waals surface area (Å²) in [5.41, 5.74) is 1.48. The first-order valence-corrected chi connectivity index (χ1v) is 5.30. The molecule has 3 N–H and O–H groups in total. The van der Waals surface area contributed by atoms with Crippen LogP contribution < -0.4 is 10.6 Å². The maximum absolute atomic E-state index is 11.4. The van der Waals surface area contributed by atoms with Gasteiger partial charge in [-0.25, -0.2) is 0 Å². The molecule has 0 saturated carbocycles. The third-order valence-electron chi connectivity index (χ3n) is 2.08. The number of benzene rings is 1. The molecule has 1 rings (SSSR count). The molecule has 1 amide bonds. The van der Waals surface area contributed by atoms with Gasteiger partial charge in [-0.3, -0.25) is 14.9 Å². The molecule has 0 aliphatic heterocycles. The summed E-state index contributed by atoms with van der Waals surface area (Å²) in [6.07, 6.45) is 0.328. The molecule has 6 heteroatoms. The van der Waals surface area contributed by atoms with Crippen molar-refractivity contribution in [2.24, 2.45) is 0 Å². The van der Waals surface area contributed by atoms with Crippen molar-refractivity contribution in [3.05, 3.63) is 29.8 Å². The fraction of sp³-hybridized carbons (Fsp3) is 0.250. The van der Waals surface area contributed by atoms with Crippen molar-refractivity contribution in [2.45, 2.75) is 6.42 Å². The van der Waals surface area contributed by atoms with E-state index < -0.39 is 5.97 Å². The number of anilines is 1. The number of hydrogen-bond acceptors (Lipinski definition) is 4. The fourth-order valence-electron chi connectivity index (χ4n) is 1.29. The van der Waals surface area contributed by atoms with Gasteiger partial charge < -0.3 is 10.4 Å². The molecule has 0 bridgehead atoms. The number of hydrogen-bond donors (Lipinski definition) is 3. The summed E-state index contributed by atoms with van der Waals surface area (Å²) in [6, 6.07) is 8.93. The van der Waals surface area contributed by atoms with Crippen LogP contribution in [0, 0.1) is 11.3 Å². The monoisotopic (exact) mass is 247 g/mol. The first kappa shape index (κ1) is 13.7. The first-order valence-electron chi connectivity index (χ1n) is 5.30. The highest BCUT2D eigenvalue weighted by Crippen LogP contribution is 2.09. The van der Waals surface area contributed by atoms with E-state index in [0.717, 1.165) is 5.56 Å². The maximum atomic E-state index is 11.4. The van der Waals surface area contributed by atoms with Gasteiger partial charge in [-0.2, -0.15) is 5.26 Å². The van der Waals surface area contributed by atoms with Gasteiger partial charge in [0.25, 0.3) is 0 Å². The Balaban J connectivity index is 2.40. The Hall–Kier alpha value is -2.39. The van der Waals surface area contributed by atoms with Gasteiger partial charge in [-0.15, -0.1) is 0 Å². The van der Waals surface area contributed by atoms with E-state index >= 15 is 0 Å². The van der Waals surface area contributed by atoms with E-state index in [1.165, 1.54) is 0 Å². The number of carbonyl (C=O) groups is 2. The van der Waals surface area contributed by atoms with E-state index in [1.54, 1.807) is 24.3 Å². The smallest absolute Gasteiger partial charge is 0.317 e. The third kappa shape index (κ3) is 5.09. The Labute approximate surface area is 104 Å². The van der Waals surface area contributed by atoms with E-state index in [4.69, 9.17) is 10.4 Å².